The Balaban J connectivity index is 2.22. The van der Waals surface area contributed by atoms with Crippen molar-refractivity contribution in [3.8, 4) is 11.1 Å². The molecule has 2 aromatic heterocycles. The van der Waals surface area contributed by atoms with Crippen LogP contribution in [0.1, 0.15) is 5.69 Å². The average Bonchev–Trinajstić information content (AvgIpc) is 2.82. The lowest BCUT2D eigenvalue weighted by molar-refractivity contribution is -0.142. The van der Waals surface area contributed by atoms with Gasteiger partial charge in [-0.15, -0.1) is 0 Å². The van der Waals surface area contributed by atoms with Gasteiger partial charge in [-0.05, 0) is 23.8 Å². The molecule has 0 aliphatic carbocycles. The molecule has 1 aromatic carbocycles. The second-order valence-electron chi connectivity index (χ2n) is 4.13. The number of hydrogen-bond donors (Lipinski definition) is 0. The van der Waals surface area contributed by atoms with Crippen molar-refractivity contribution in [2.75, 3.05) is 0 Å². The molecule has 0 spiro atoms. The predicted molar refractivity (Wildman–Crippen MR) is 63.4 cm³/mol. The van der Waals surface area contributed by atoms with E-state index in [2.05, 4.69) is 10.1 Å². The van der Waals surface area contributed by atoms with Crippen LogP contribution in [0, 0.1) is 5.82 Å². The minimum atomic E-state index is -4.52. The van der Waals surface area contributed by atoms with Crippen LogP contribution in [0.3, 0.4) is 0 Å². The number of halogens is 4. The molecule has 0 N–H and O–H groups in total. The minimum absolute atomic E-state index is 0.0754. The Kier molecular flexibility index (Phi) is 2.70. The molecule has 0 aliphatic rings. The molecular formula is C13H7F4N3. The number of rotatable bonds is 1. The summed E-state index contributed by atoms with van der Waals surface area (Å²) < 4.78 is 52.1. The molecule has 102 valence electrons. The molecule has 7 heteroatoms. The van der Waals surface area contributed by atoms with Gasteiger partial charge in [-0.2, -0.15) is 18.3 Å². The summed E-state index contributed by atoms with van der Waals surface area (Å²) in [7, 11) is 0. The lowest BCUT2D eigenvalue weighted by atomic mass is 10.1. The van der Waals surface area contributed by atoms with Gasteiger partial charge in [0.25, 0.3) is 0 Å². The fraction of sp³-hybridized carbons (Fsp3) is 0.0769. The lowest BCUT2D eigenvalue weighted by Gasteiger charge is -2.08. The molecule has 0 saturated heterocycles. The van der Waals surface area contributed by atoms with Crippen molar-refractivity contribution in [1.29, 1.82) is 0 Å². The Labute approximate surface area is 110 Å². The van der Waals surface area contributed by atoms with Crippen molar-refractivity contribution in [3.05, 3.63) is 54.2 Å². The highest BCUT2D eigenvalue weighted by Gasteiger charge is 2.34. The normalized spacial score (nSPS) is 12.0. The van der Waals surface area contributed by atoms with Gasteiger partial charge in [0.1, 0.15) is 11.5 Å². The largest absolute Gasteiger partial charge is 0.433 e. The molecule has 2 heterocycles. The summed E-state index contributed by atoms with van der Waals surface area (Å²) in [5.74, 6) is -0.422. The van der Waals surface area contributed by atoms with Gasteiger partial charge in [0.15, 0.2) is 5.65 Å². The first-order valence-electron chi connectivity index (χ1n) is 5.63. The van der Waals surface area contributed by atoms with E-state index in [0.717, 1.165) is 16.8 Å². The third-order valence-corrected chi connectivity index (χ3v) is 2.85. The van der Waals surface area contributed by atoms with E-state index in [0.29, 0.717) is 11.1 Å². The smallest absolute Gasteiger partial charge is 0.236 e. The number of benzene rings is 1. The number of aromatic nitrogens is 3. The lowest BCUT2D eigenvalue weighted by Crippen LogP contribution is -2.12. The van der Waals surface area contributed by atoms with Crippen LogP contribution >= 0.6 is 0 Å². The molecule has 0 atom stereocenters. The van der Waals surface area contributed by atoms with E-state index in [1.54, 1.807) is 0 Å². The van der Waals surface area contributed by atoms with Gasteiger partial charge in [0.2, 0.25) is 0 Å². The highest BCUT2D eigenvalue weighted by molar-refractivity contribution is 5.76. The number of fused-ring (bicyclic) bond motifs is 1. The number of hydrogen-bond acceptors (Lipinski definition) is 2. The summed E-state index contributed by atoms with van der Waals surface area (Å²) in [6, 6.07) is 6.25. The van der Waals surface area contributed by atoms with Crippen LogP contribution in [0.4, 0.5) is 17.6 Å². The number of nitrogens with zero attached hydrogens (tertiary/aromatic N) is 3. The Morgan fingerprint density at radius 2 is 1.70 bits per heavy atom. The zero-order valence-corrected chi connectivity index (χ0v) is 9.89. The van der Waals surface area contributed by atoms with Gasteiger partial charge in [-0.25, -0.2) is 13.9 Å². The SMILES string of the molecule is Fc1ccc(-c2cnn3c(C(F)(F)F)ccnc23)cc1. The van der Waals surface area contributed by atoms with Crippen molar-refractivity contribution in [2.24, 2.45) is 0 Å². The highest BCUT2D eigenvalue weighted by atomic mass is 19.4. The fourth-order valence-electron chi connectivity index (χ4n) is 1.94. The fourth-order valence-corrected chi connectivity index (χ4v) is 1.94. The van der Waals surface area contributed by atoms with Crippen molar-refractivity contribution in [1.82, 2.24) is 14.6 Å². The van der Waals surface area contributed by atoms with Crippen LogP contribution in [-0.2, 0) is 6.18 Å². The zero-order chi connectivity index (χ0) is 14.3. The molecule has 0 bridgehead atoms. The summed E-state index contributed by atoms with van der Waals surface area (Å²) in [5.41, 5.74) is 0.131. The first-order valence-corrected chi connectivity index (χ1v) is 5.63. The molecule has 3 aromatic rings. The van der Waals surface area contributed by atoms with E-state index in [-0.39, 0.29) is 5.65 Å². The Morgan fingerprint density at radius 1 is 1.00 bits per heavy atom. The molecule has 0 unspecified atom stereocenters. The third-order valence-electron chi connectivity index (χ3n) is 2.85. The van der Waals surface area contributed by atoms with Gasteiger partial charge < -0.3 is 0 Å². The highest BCUT2D eigenvalue weighted by Crippen LogP contribution is 2.31. The van der Waals surface area contributed by atoms with Gasteiger partial charge in [0.05, 0.1) is 6.20 Å². The molecule has 3 nitrogen and oxygen atoms in total. The van der Waals surface area contributed by atoms with Crippen molar-refractivity contribution < 1.29 is 17.6 Å². The first-order chi connectivity index (χ1) is 9.47. The summed E-state index contributed by atoms with van der Waals surface area (Å²) in [4.78, 5) is 3.92. The van der Waals surface area contributed by atoms with E-state index in [1.807, 2.05) is 0 Å². The Bertz CT molecular complexity index is 759. The van der Waals surface area contributed by atoms with Crippen LogP contribution in [0.5, 0.6) is 0 Å². The van der Waals surface area contributed by atoms with Crippen molar-refractivity contribution in [3.63, 3.8) is 0 Å². The van der Waals surface area contributed by atoms with Gasteiger partial charge in [-0.1, -0.05) is 12.1 Å². The molecule has 0 radical (unpaired) electrons. The van der Waals surface area contributed by atoms with E-state index < -0.39 is 17.7 Å². The second kappa shape index (κ2) is 4.29. The van der Waals surface area contributed by atoms with Gasteiger partial charge in [-0.3, -0.25) is 0 Å². The van der Waals surface area contributed by atoms with E-state index >= 15 is 0 Å². The van der Waals surface area contributed by atoms with Gasteiger partial charge >= 0.3 is 6.18 Å². The van der Waals surface area contributed by atoms with Crippen molar-refractivity contribution >= 4 is 5.65 Å². The maximum absolute atomic E-state index is 12.9. The Hall–Kier alpha value is -2.44. The first kappa shape index (κ1) is 12.6. The topological polar surface area (TPSA) is 30.2 Å². The summed E-state index contributed by atoms with van der Waals surface area (Å²) in [6.45, 7) is 0. The summed E-state index contributed by atoms with van der Waals surface area (Å²) >= 11 is 0. The molecule has 20 heavy (non-hydrogen) atoms. The third kappa shape index (κ3) is 2.01. The van der Waals surface area contributed by atoms with E-state index in [4.69, 9.17) is 0 Å². The molecule has 0 amide bonds. The molecular weight excluding hydrogens is 274 g/mol. The van der Waals surface area contributed by atoms with Gasteiger partial charge in [0, 0.05) is 11.8 Å². The van der Waals surface area contributed by atoms with Crippen LogP contribution in [0.2, 0.25) is 0 Å². The van der Waals surface area contributed by atoms with Crippen molar-refractivity contribution in [2.45, 2.75) is 6.18 Å². The van der Waals surface area contributed by atoms with Crippen LogP contribution in [-0.4, -0.2) is 14.6 Å². The van der Waals surface area contributed by atoms with E-state index in [1.165, 1.54) is 30.5 Å². The summed E-state index contributed by atoms with van der Waals surface area (Å²) in [6.07, 6.45) is -2.16. The average molecular weight is 281 g/mol. The molecule has 0 fully saturated rings. The maximum atomic E-state index is 12.9. The quantitative estimate of drug-likeness (QED) is 0.638. The molecule has 0 saturated carbocycles. The Morgan fingerprint density at radius 3 is 2.35 bits per heavy atom. The van der Waals surface area contributed by atoms with Crippen LogP contribution in [0.15, 0.2) is 42.7 Å². The summed E-state index contributed by atoms with van der Waals surface area (Å²) in [5, 5.41) is 3.72. The molecule has 3 rings (SSSR count). The zero-order valence-electron chi connectivity index (χ0n) is 9.89. The maximum Gasteiger partial charge on any atom is 0.433 e. The van der Waals surface area contributed by atoms with Crippen LogP contribution < -0.4 is 0 Å². The standard InChI is InChI=1S/C13H7F4N3/c14-9-3-1-8(2-4-9)10-7-19-20-11(13(15,16)17)5-6-18-12(10)20/h1-7H. The minimum Gasteiger partial charge on any atom is -0.236 e. The predicted octanol–water partition coefficient (Wildman–Crippen LogP) is 3.55. The number of alkyl halides is 3. The van der Waals surface area contributed by atoms with E-state index in [9.17, 15) is 17.6 Å². The molecule has 0 aliphatic heterocycles. The van der Waals surface area contributed by atoms with Crippen LogP contribution in [0.25, 0.3) is 16.8 Å². The second-order valence-corrected chi connectivity index (χ2v) is 4.13. The monoisotopic (exact) mass is 281 g/mol.